The molecule has 0 aliphatic carbocycles. The molecular weight excluding hydrogens is 192 g/mol. The van der Waals surface area contributed by atoms with Crippen LogP contribution in [-0.2, 0) is 17.0 Å². The fraction of sp³-hybridized carbons (Fsp3) is 0.750. The molecule has 1 heterocycles. The summed E-state index contributed by atoms with van der Waals surface area (Å²) in [5.74, 6) is 1.37. The van der Waals surface area contributed by atoms with Crippen LogP contribution in [0.25, 0.3) is 0 Å². The van der Waals surface area contributed by atoms with Crippen molar-refractivity contribution in [1.82, 2.24) is 10.1 Å². The van der Waals surface area contributed by atoms with Gasteiger partial charge >= 0.3 is 0 Å². The van der Waals surface area contributed by atoms with Crippen molar-refractivity contribution in [2.24, 2.45) is 0 Å². The quantitative estimate of drug-likeness (QED) is 0.686. The second-order valence-corrected chi connectivity index (χ2v) is 3.17. The van der Waals surface area contributed by atoms with Gasteiger partial charge in [-0.2, -0.15) is 4.98 Å². The van der Waals surface area contributed by atoms with Crippen molar-refractivity contribution in [3.05, 3.63) is 11.7 Å². The summed E-state index contributed by atoms with van der Waals surface area (Å²) in [6.45, 7) is 4.58. The Hall–Kier alpha value is -0.610. The highest BCUT2D eigenvalue weighted by Gasteiger charge is 2.04. The molecule has 0 aromatic carbocycles. The molecular formula is C8H13ClN2O2. The summed E-state index contributed by atoms with van der Waals surface area (Å²) in [5, 5.41) is 3.73. The topological polar surface area (TPSA) is 48.2 Å². The summed E-state index contributed by atoms with van der Waals surface area (Å²) < 4.78 is 10.2. The van der Waals surface area contributed by atoms with Crippen LogP contribution in [0.4, 0.5) is 0 Å². The Kier molecular flexibility index (Phi) is 4.18. The summed E-state index contributed by atoms with van der Waals surface area (Å²) in [4.78, 5) is 4.04. The third kappa shape index (κ3) is 3.74. The summed E-state index contributed by atoms with van der Waals surface area (Å²) in [5.41, 5.74) is 0. The van der Waals surface area contributed by atoms with Crippen molar-refractivity contribution in [3.8, 4) is 0 Å². The number of rotatable bonds is 5. The fourth-order valence-electron chi connectivity index (χ4n) is 0.832. The third-order valence-electron chi connectivity index (χ3n) is 1.40. The number of hydrogen-bond donors (Lipinski definition) is 0. The zero-order chi connectivity index (χ0) is 9.68. The van der Waals surface area contributed by atoms with E-state index in [1.165, 1.54) is 0 Å². The molecule has 1 rings (SSSR count). The zero-order valence-corrected chi connectivity index (χ0v) is 8.54. The van der Waals surface area contributed by atoms with Crippen molar-refractivity contribution < 1.29 is 9.26 Å². The molecule has 5 heteroatoms. The highest BCUT2D eigenvalue weighted by Crippen LogP contribution is 2.01. The average Bonchev–Trinajstić information content (AvgIpc) is 2.52. The van der Waals surface area contributed by atoms with E-state index >= 15 is 0 Å². The Morgan fingerprint density at radius 1 is 1.54 bits per heavy atom. The molecule has 0 spiro atoms. The molecule has 0 fully saturated rings. The molecule has 0 N–H and O–H groups in total. The van der Waals surface area contributed by atoms with Gasteiger partial charge < -0.3 is 9.26 Å². The Balaban J connectivity index is 2.28. The molecule has 0 saturated carbocycles. The van der Waals surface area contributed by atoms with Crippen LogP contribution >= 0.6 is 11.6 Å². The summed E-state index contributed by atoms with van der Waals surface area (Å²) in [6, 6.07) is 0. The van der Waals surface area contributed by atoms with E-state index in [2.05, 4.69) is 10.1 Å². The Labute approximate surface area is 82.2 Å². The molecule has 0 aliphatic heterocycles. The predicted molar refractivity (Wildman–Crippen MR) is 48.6 cm³/mol. The normalized spacial score (nSPS) is 11.1. The first kappa shape index (κ1) is 10.5. The second kappa shape index (κ2) is 5.19. The van der Waals surface area contributed by atoms with Crippen LogP contribution in [-0.4, -0.2) is 22.9 Å². The number of hydrogen-bond acceptors (Lipinski definition) is 4. The maximum Gasteiger partial charge on any atom is 0.241 e. The highest BCUT2D eigenvalue weighted by atomic mass is 35.5. The number of ether oxygens (including phenoxy) is 1. The van der Waals surface area contributed by atoms with Gasteiger partial charge in [-0.15, -0.1) is 11.6 Å². The Bertz CT molecular complexity index is 250. The molecule has 13 heavy (non-hydrogen) atoms. The largest absolute Gasteiger partial charge is 0.378 e. The minimum Gasteiger partial charge on any atom is -0.378 e. The third-order valence-corrected chi connectivity index (χ3v) is 1.63. The van der Waals surface area contributed by atoms with Gasteiger partial charge in [-0.3, -0.25) is 0 Å². The van der Waals surface area contributed by atoms with Crippen molar-refractivity contribution >= 4 is 11.6 Å². The van der Waals surface area contributed by atoms with E-state index in [0.29, 0.717) is 24.7 Å². The van der Waals surface area contributed by atoms with Crippen molar-refractivity contribution in [1.29, 1.82) is 0 Å². The van der Waals surface area contributed by atoms with Gasteiger partial charge in [0.25, 0.3) is 0 Å². The molecule has 0 saturated heterocycles. The van der Waals surface area contributed by atoms with E-state index < -0.39 is 0 Å². The van der Waals surface area contributed by atoms with E-state index in [1.807, 2.05) is 13.8 Å². The number of halogens is 1. The first-order chi connectivity index (χ1) is 6.22. The van der Waals surface area contributed by atoms with Gasteiger partial charge in [0.1, 0.15) is 5.88 Å². The molecule has 1 aromatic heterocycles. The van der Waals surface area contributed by atoms with Gasteiger partial charge in [-0.25, -0.2) is 0 Å². The zero-order valence-electron chi connectivity index (χ0n) is 7.79. The number of alkyl halides is 1. The molecule has 4 nitrogen and oxygen atoms in total. The summed E-state index contributed by atoms with van der Waals surface area (Å²) >= 11 is 5.50. The molecule has 0 atom stereocenters. The van der Waals surface area contributed by atoms with Crippen LogP contribution < -0.4 is 0 Å². The monoisotopic (exact) mass is 204 g/mol. The second-order valence-electron chi connectivity index (χ2n) is 2.91. The lowest BCUT2D eigenvalue weighted by molar-refractivity contribution is 0.0801. The van der Waals surface area contributed by atoms with Gasteiger partial charge in [0.15, 0.2) is 5.82 Å². The highest BCUT2D eigenvalue weighted by molar-refractivity contribution is 6.16. The molecule has 0 radical (unpaired) electrons. The molecule has 74 valence electrons. The van der Waals surface area contributed by atoms with Crippen molar-refractivity contribution in [2.45, 2.75) is 32.3 Å². The van der Waals surface area contributed by atoms with Crippen LogP contribution in [0.3, 0.4) is 0 Å². The van der Waals surface area contributed by atoms with E-state index in [-0.39, 0.29) is 12.0 Å². The minimum absolute atomic E-state index is 0.236. The first-order valence-electron chi connectivity index (χ1n) is 4.21. The molecule has 0 amide bonds. The van der Waals surface area contributed by atoms with Gasteiger partial charge in [0.2, 0.25) is 5.89 Å². The van der Waals surface area contributed by atoms with Crippen LogP contribution in [0, 0.1) is 0 Å². The lowest BCUT2D eigenvalue weighted by atomic mass is 10.4. The van der Waals surface area contributed by atoms with Crippen LogP contribution in [0.1, 0.15) is 25.6 Å². The van der Waals surface area contributed by atoms with E-state index in [0.717, 1.165) is 0 Å². The predicted octanol–water partition coefficient (Wildman–Crippen LogP) is 1.78. The maximum absolute atomic E-state index is 5.50. The number of nitrogens with zero attached hydrogens (tertiary/aromatic N) is 2. The van der Waals surface area contributed by atoms with Crippen molar-refractivity contribution in [2.75, 3.05) is 6.61 Å². The molecule has 0 unspecified atom stereocenters. The van der Waals surface area contributed by atoms with Crippen molar-refractivity contribution in [3.63, 3.8) is 0 Å². The fourth-order valence-corrected chi connectivity index (χ4v) is 0.940. The van der Waals surface area contributed by atoms with Gasteiger partial charge in [-0.05, 0) is 13.8 Å². The smallest absolute Gasteiger partial charge is 0.241 e. The lowest BCUT2D eigenvalue weighted by Crippen LogP contribution is -2.06. The van der Waals surface area contributed by atoms with Crippen LogP contribution in [0.5, 0.6) is 0 Å². The maximum atomic E-state index is 5.50. The minimum atomic E-state index is 0.236. The summed E-state index contributed by atoms with van der Waals surface area (Å²) in [6.07, 6.45) is 0.901. The first-order valence-corrected chi connectivity index (χ1v) is 4.75. The standard InChI is InChI=1S/C8H13ClN2O2/c1-6(2)12-4-3-7-10-8(5-9)13-11-7/h6H,3-5H2,1-2H3. The van der Waals surface area contributed by atoms with E-state index in [1.54, 1.807) is 0 Å². The average molecular weight is 205 g/mol. The van der Waals surface area contributed by atoms with E-state index in [9.17, 15) is 0 Å². The van der Waals surface area contributed by atoms with E-state index in [4.69, 9.17) is 20.9 Å². The Morgan fingerprint density at radius 3 is 2.85 bits per heavy atom. The van der Waals surface area contributed by atoms with Gasteiger partial charge in [0.05, 0.1) is 12.7 Å². The number of aromatic nitrogens is 2. The molecule has 0 bridgehead atoms. The lowest BCUT2D eigenvalue weighted by Gasteiger charge is -2.04. The molecule has 0 aliphatic rings. The van der Waals surface area contributed by atoms with Crippen LogP contribution in [0.15, 0.2) is 4.52 Å². The summed E-state index contributed by atoms with van der Waals surface area (Å²) in [7, 11) is 0. The van der Waals surface area contributed by atoms with Crippen LogP contribution in [0.2, 0.25) is 0 Å². The van der Waals surface area contributed by atoms with Gasteiger partial charge in [0, 0.05) is 6.42 Å². The molecule has 1 aromatic rings. The Morgan fingerprint density at radius 2 is 2.31 bits per heavy atom. The van der Waals surface area contributed by atoms with Gasteiger partial charge in [-0.1, -0.05) is 5.16 Å². The SMILES string of the molecule is CC(C)OCCc1noc(CCl)n1.